The van der Waals surface area contributed by atoms with Gasteiger partial charge in [0.2, 0.25) is 0 Å². The molecule has 0 spiro atoms. The molecule has 84 valence electrons. The summed E-state index contributed by atoms with van der Waals surface area (Å²) < 4.78 is 28.0. The Morgan fingerprint density at radius 3 is 2.56 bits per heavy atom. The van der Waals surface area contributed by atoms with E-state index in [0.717, 1.165) is 11.8 Å². The molecular weight excluding hydrogens is 250 g/mol. The first-order chi connectivity index (χ1) is 7.51. The molecule has 1 aromatic carbocycles. The van der Waals surface area contributed by atoms with Crippen molar-refractivity contribution in [2.75, 3.05) is 0 Å². The van der Waals surface area contributed by atoms with Gasteiger partial charge in [-0.25, -0.2) is 13.4 Å². The number of aryl methyl sites for hydroxylation is 1. The second-order valence-electron chi connectivity index (χ2n) is 3.20. The number of aliphatic imine (C=N–C) groups is 1. The smallest absolute Gasteiger partial charge is 0.321 e. The number of hydrogen-bond acceptors (Lipinski definition) is 4. The summed E-state index contributed by atoms with van der Waals surface area (Å²) in [6.07, 6.45) is 1.06. The standard InChI is InChI=1S/C10H8ClNO3S/c1-7-4-2-3-5-8(7)15-10-12-6-9(11)16(10,13)14/h2-6H,1H3. The maximum Gasteiger partial charge on any atom is 0.321 e. The summed E-state index contributed by atoms with van der Waals surface area (Å²) in [6.45, 7) is 1.81. The molecule has 16 heavy (non-hydrogen) atoms. The Kier molecular flexibility index (Phi) is 2.73. The minimum atomic E-state index is -3.73. The van der Waals surface area contributed by atoms with Crippen LogP contribution in [-0.2, 0) is 9.84 Å². The van der Waals surface area contributed by atoms with Crippen LogP contribution in [0.5, 0.6) is 5.75 Å². The maximum absolute atomic E-state index is 11.6. The van der Waals surface area contributed by atoms with Crippen LogP contribution >= 0.6 is 11.6 Å². The number of ether oxygens (including phenoxy) is 1. The largest absolute Gasteiger partial charge is 0.430 e. The zero-order chi connectivity index (χ0) is 11.8. The van der Waals surface area contributed by atoms with Gasteiger partial charge < -0.3 is 4.74 Å². The molecular formula is C10H8ClNO3S. The van der Waals surface area contributed by atoms with Crippen LogP contribution in [0.25, 0.3) is 0 Å². The maximum atomic E-state index is 11.6. The zero-order valence-electron chi connectivity index (χ0n) is 8.34. The van der Waals surface area contributed by atoms with Crippen molar-refractivity contribution in [3.05, 3.63) is 40.4 Å². The van der Waals surface area contributed by atoms with Crippen molar-refractivity contribution in [2.24, 2.45) is 4.99 Å². The van der Waals surface area contributed by atoms with Gasteiger partial charge in [0.05, 0.1) is 6.20 Å². The van der Waals surface area contributed by atoms with E-state index >= 15 is 0 Å². The third-order valence-corrected chi connectivity index (χ3v) is 4.02. The first-order valence-corrected chi connectivity index (χ1v) is 6.30. The van der Waals surface area contributed by atoms with Crippen LogP contribution in [-0.4, -0.2) is 13.6 Å². The number of rotatable bonds is 1. The summed E-state index contributed by atoms with van der Waals surface area (Å²) in [5, 5.41) is -0.383. The molecule has 0 atom stereocenters. The fourth-order valence-electron chi connectivity index (χ4n) is 1.17. The van der Waals surface area contributed by atoms with E-state index in [-0.39, 0.29) is 9.59 Å². The second-order valence-corrected chi connectivity index (χ2v) is 5.63. The van der Waals surface area contributed by atoms with E-state index < -0.39 is 9.84 Å². The molecule has 0 bridgehead atoms. The molecule has 1 aromatic rings. The molecule has 0 saturated carbocycles. The first kappa shape index (κ1) is 11.2. The summed E-state index contributed by atoms with van der Waals surface area (Å²) in [5.41, 5.74) is 0.823. The van der Waals surface area contributed by atoms with Gasteiger partial charge in [0.15, 0.2) is 4.36 Å². The highest BCUT2D eigenvalue weighted by Gasteiger charge is 2.31. The molecule has 0 fully saturated rings. The summed E-state index contributed by atoms with van der Waals surface area (Å²) in [6, 6.07) is 7.06. The number of nitrogens with zero attached hydrogens (tertiary/aromatic N) is 1. The van der Waals surface area contributed by atoms with Crippen molar-refractivity contribution < 1.29 is 13.2 Å². The molecule has 0 N–H and O–H groups in total. The lowest BCUT2D eigenvalue weighted by molar-refractivity contribution is 0.546. The van der Waals surface area contributed by atoms with Gasteiger partial charge in [0, 0.05) is 0 Å². The van der Waals surface area contributed by atoms with Crippen LogP contribution in [0, 0.1) is 6.92 Å². The summed E-state index contributed by atoms with van der Waals surface area (Å²) in [5.74, 6) is 0.449. The Bertz CT molecular complexity index is 590. The molecule has 0 amide bonds. The van der Waals surface area contributed by atoms with Crippen molar-refractivity contribution in [3.8, 4) is 5.75 Å². The predicted octanol–water partition coefficient (Wildman–Crippen LogP) is 2.20. The Labute approximate surface area is 98.1 Å². The minimum absolute atomic E-state index is 0.323. The van der Waals surface area contributed by atoms with E-state index in [0.29, 0.717) is 5.75 Å². The van der Waals surface area contributed by atoms with E-state index in [4.69, 9.17) is 16.3 Å². The third kappa shape index (κ3) is 1.83. The summed E-state index contributed by atoms with van der Waals surface area (Å²) in [7, 11) is -3.73. The summed E-state index contributed by atoms with van der Waals surface area (Å²) >= 11 is 5.48. The van der Waals surface area contributed by atoms with Gasteiger partial charge in [-0.1, -0.05) is 29.8 Å². The minimum Gasteiger partial charge on any atom is -0.430 e. The Morgan fingerprint density at radius 1 is 1.31 bits per heavy atom. The number of halogens is 1. The number of hydrogen-bond donors (Lipinski definition) is 0. The van der Waals surface area contributed by atoms with Gasteiger partial charge in [-0.05, 0) is 18.6 Å². The zero-order valence-corrected chi connectivity index (χ0v) is 9.92. The third-order valence-electron chi connectivity index (χ3n) is 2.05. The normalized spacial score (nSPS) is 17.9. The lowest BCUT2D eigenvalue weighted by Gasteiger charge is -2.07. The van der Waals surface area contributed by atoms with E-state index in [1.54, 1.807) is 12.1 Å². The lowest BCUT2D eigenvalue weighted by Crippen LogP contribution is -2.18. The number of benzene rings is 1. The van der Waals surface area contributed by atoms with Crippen molar-refractivity contribution in [1.82, 2.24) is 0 Å². The molecule has 2 rings (SSSR count). The Morgan fingerprint density at radius 2 is 2.00 bits per heavy atom. The van der Waals surface area contributed by atoms with E-state index in [9.17, 15) is 8.42 Å². The highest BCUT2D eigenvalue weighted by atomic mass is 35.5. The van der Waals surface area contributed by atoms with Gasteiger partial charge in [-0.2, -0.15) is 0 Å². The van der Waals surface area contributed by atoms with Crippen LogP contribution in [0.15, 0.2) is 39.8 Å². The molecule has 1 heterocycles. The molecule has 0 aliphatic carbocycles. The molecule has 1 aliphatic rings. The van der Waals surface area contributed by atoms with E-state index in [1.807, 2.05) is 19.1 Å². The monoisotopic (exact) mass is 257 g/mol. The Hall–Kier alpha value is -1.33. The number of para-hydroxylation sites is 1. The molecule has 0 saturated heterocycles. The molecule has 0 aromatic heterocycles. The first-order valence-electron chi connectivity index (χ1n) is 4.44. The fraction of sp³-hybridized carbons (Fsp3) is 0.100. The fourth-order valence-corrected chi connectivity index (χ4v) is 2.17. The van der Waals surface area contributed by atoms with Gasteiger partial charge in [-0.3, -0.25) is 0 Å². The van der Waals surface area contributed by atoms with E-state index in [2.05, 4.69) is 4.99 Å². The van der Waals surface area contributed by atoms with Crippen LogP contribution in [0.1, 0.15) is 5.56 Å². The Balaban J connectivity index is 2.30. The average Bonchev–Trinajstić information content (AvgIpc) is 2.48. The van der Waals surface area contributed by atoms with Crippen LogP contribution in [0.3, 0.4) is 0 Å². The molecule has 0 unspecified atom stereocenters. The average molecular weight is 258 g/mol. The molecule has 4 nitrogen and oxygen atoms in total. The van der Waals surface area contributed by atoms with Crippen molar-refractivity contribution >= 4 is 26.7 Å². The lowest BCUT2D eigenvalue weighted by atomic mass is 10.2. The van der Waals surface area contributed by atoms with Gasteiger partial charge in [-0.15, -0.1) is 0 Å². The van der Waals surface area contributed by atoms with E-state index in [1.165, 1.54) is 0 Å². The topological polar surface area (TPSA) is 55.7 Å². The quantitative estimate of drug-likeness (QED) is 0.775. The highest BCUT2D eigenvalue weighted by molar-refractivity contribution is 8.10. The van der Waals surface area contributed by atoms with Crippen molar-refractivity contribution in [2.45, 2.75) is 6.92 Å². The highest BCUT2D eigenvalue weighted by Crippen LogP contribution is 2.24. The molecule has 1 aliphatic heterocycles. The molecule has 0 radical (unpaired) electrons. The van der Waals surface area contributed by atoms with Crippen LogP contribution in [0.4, 0.5) is 0 Å². The SMILES string of the molecule is Cc1ccccc1OC1=NC=C(Cl)S1(=O)=O. The van der Waals surface area contributed by atoms with Crippen molar-refractivity contribution in [3.63, 3.8) is 0 Å². The predicted molar refractivity (Wildman–Crippen MR) is 62.1 cm³/mol. The van der Waals surface area contributed by atoms with Crippen molar-refractivity contribution in [1.29, 1.82) is 0 Å². The van der Waals surface area contributed by atoms with Gasteiger partial charge >= 0.3 is 5.23 Å². The van der Waals surface area contributed by atoms with Gasteiger partial charge in [0.25, 0.3) is 9.84 Å². The number of sulfone groups is 1. The van der Waals surface area contributed by atoms with Crippen LogP contribution in [0.2, 0.25) is 0 Å². The van der Waals surface area contributed by atoms with Crippen LogP contribution < -0.4 is 4.74 Å². The second kappa shape index (κ2) is 3.92. The molecule has 6 heteroatoms. The summed E-state index contributed by atoms with van der Waals surface area (Å²) in [4.78, 5) is 3.62. The van der Waals surface area contributed by atoms with Gasteiger partial charge in [0.1, 0.15) is 5.75 Å².